The van der Waals surface area contributed by atoms with Crippen molar-refractivity contribution in [2.75, 3.05) is 6.54 Å². The first-order valence-corrected chi connectivity index (χ1v) is 5.96. The van der Waals surface area contributed by atoms with Gasteiger partial charge in [-0.25, -0.2) is 0 Å². The van der Waals surface area contributed by atoms with E-state index in [2.05, 4.69) is 15.9 Å². The van der Waals surface area contributed by atoms with E-state index in [0.29, 0.717) is 6.54 Å². The summed E-state index contributed by atoms with van der Waals surface area (Å²) in [6, 6.07) is 7.74. The van der Waals surface area contributed by atoms with Crippen LogP contribution in [0.2, 0.25) is 0 Å². The van der Waals surface area contributed by atoms with Gasteiger partial charge in [-0.15, -0.1) is 0 Å². The molecule has 3 heteroatoms. The summed E-state index contributed by atoms with van der Waals surface area (Å²) in [4.78, 5) is 0. The normalized spacial score (nSPS) is 17.1. The molecule has 1 aromatic rings. The highest BCUT2D eigenvalue weighted by Gasteiger charge is 2.30. The maximum Gasteiger partial charge on any atom is 0.0855 e. The molecule has 0 fully saturated rings. The second-order valence-corrected chi connectivity index (χ2v) is 5.08. The van der Waals surface area contributed by atoms with Gasteiger partial charge >= 0.3 is 0 Å². The van der Waals surface area contributed by atoms with Gasteiger partial charge in [0.1, 0.15) is 0 Å². The largest absolute Gasteiger partial charge is 0.388 e. The molecule has 3 N–H and O–H groups in total. The summed E-state index contributed by atoms with van der Waals surface area (Å²) in [5.74, 6) is 0. The van der Waals surface area contributed by atoms with Crippen LogP contribution in [0.5, 0.6) is 0 Å². The fraction of sp³-hybridized carbons (Fsp3) is 0.500. The summed E-state index contributed by atoms with van der Waals surface area (Å²) >= 11 is 3.40. The van der Waals surface area contributed by atoms with Crippen LogP contribution in [0.4, 0.5) is 0 Å². The molecule has 2 unspecified atom stereocenters. The Morgan fingerprint density at radius 3 is 2.67 bits per heavy atom. The maximum atomic E-state index is 10.3. The van der Waals surface area contributed by atoms with Crippen LogP contribution in [-0.2, 0) is 0 Å². The van der Waals surface area contributed by atoms with E-state index in [1.807, 2.05) is 38.1 Å². The second-order valence-electron chi connectivity index (χ2n) is 4.17. The van der Waals surface area contributed by atoms with Gasteiger partial charge in [0.05, 0.1) is 6.10 Å². The molecule has 0 spiro atoms. The van der Waals surface area contributed by atoms with Crippen LogP contribution in [0.25, 0.3) is 0 Å². The van der Waals surface area contributed by atoms with E-state index < -0.39 is 6.10 Å². The first-order valence-electron chi connectivity index (χ1n) is 5.17. The van der Waals surface area contributed by atoms with E-state index in [4.69, 9.17) is 5.73 Å². The van der Waals surface area contributed by atoms with Gasteiger partial charge < -0.3 is 10.8 Å². The SMILES string of the molecule is CCC(C)(CN)C(O)c1cccc(Br)c1. The van der Waals surface area contributed by atoms with Gasteiger partial charge in [0.15, 0.2) is 0 Å². The molecular weight excluding hydrogens is 254 g/mol. The highest BCUT2D eigenvalue weighted by atomic mass is 79.9. The number of aliphatic hydroxyl groups excluding tert-OH is 1. The minimum atomic E-state index is -0.509. The lowest BCUT2D eigenvalue weighted by Gasteiger charge is -2.32. The molecule has 1 rings (SSSR count). The van der Waals surface area contributed by atoms with Crippen LogP contribution in [-0.4, -0.2) is 11.7 Å². The van der Waals surface area contributed by atoms with E-state index in [-0.39, 0.29) is 5.41 Å². The summed E-state index contributed by atoms with van der Waals surface area (Å²) in [6.07, 6.45) is 0.349. The lowest BCUT2D eigenvalue weighted by atomic mass is 9.78. The zero-order valence-electron chi connectivity index (χ0n) is 9.20. The molecule has 0 aliphatic heterocycles. The van der Waals surface area contributed by atoms with Gasteiger partial charge in [-0.05, 0) is 24.1 Å². The molecule has 2 nitrogen and oxygen atoms in total. The Morgan fingerprint density at radius 1 is 1.53 bits per heavy atom. The molecular formula is C12H18BrNO. The fourth-order valence-corrected chi connectivity index (χ4v) is 1.95. The summed E-state index contributed by atoms with van der Waals surface area (Å²) < 4.78 is 0.981. The maximum absolute atomic E-state index is 10.3. The van der Waals surface area contributed by atoms with Crippen molar-refractivity contribution in [2.24, 2.45) is 11.1 Å². The van der Waals surface area contributed by atoms with Crippen molar-refractivity contribution in [1.82, 2.24) is 0 Å². The fourth-order valence-electron chi connectivity index (χ4n) is 1.53. The Labute approximate surface area is 99.6 Å². The molecule has 0 saturated heterocycles. The average Bonchev–Trinajstić information content (AvgIpc) is 2.27. The molecule has 2 atom stereocenters. The van der Waals surface area contributed by atoms with Crippen LogP contribution >= 0.6 is 15.9 Å². The molecule has 0 aliphatic rings. The molecule has 84 valence electrons. The van der Waals surface area contributed by atoms with Crippen LogP contribution in [0.15, 0.2) is 28.7 Å². The predicted octanol–water partition coefficient (Wildman–Crippen LogP) is 2.86. The zero-order chi connectivity index (χ0) is 11.5. The number of halogens is 1. The van der Waals surface area contributed by atoms with E-state index in [1.54, 1.807) is 0 Å². The number of rotatable bonds is 4. The summed E-state index contributed by atoms with van der Waals surface area (Å²) in [7, 11) is 0. The molecule has 0 amide bonds. The number of hydrogen-bond donors (Lipinski definition) is 2. The monoisotopic (exact) mass is 271 g/mol. The Kier molecular flexibility index (Phi) is 4.32. The van der Waals surface area contributed by atoms with Crippen molar-refractivity contribution in [3.63, 3.8) is 0 Å². The summed E-state index contributed by atoms with van der Waals surface area (Å²) in [5, 5.41) is 10.3. The van der Waals surface area contributed by atoms with E-state index in [0.717, 1.165) is 16.5 Å². The lowest BCUT2D eigenvalue weighted by Crippen LogP contribution is -2.33. The average molecular weight is 272 g/mol. The molecule has 15 heavy (non-hydrogen) atoms. The molecule has 1 aromatic carbocycles. The third-order valence-corrected chi connectivity index (χ3v) is 3.59. The van der Waals surface area contributed by atoms with Crippen LogP contribution in [0.1, 0.15) is 31.9 Å². The van der Waals surface area contributed by atoms with Crippen LogP contribution in [0.3, 0.4) is 0 Å². The minimum absolute atomic E-state index is 0.249. The number of nitrogens with two attached hydrogens (primary N) is 1. The Morgan fingerprint density at radius 2 is 2.20 bits per heavy atom. The van der Waals surface area contributed by atoms with Gasteiger partial charge in [-0.2, -0.15) is 0 Å². The Bertz CT molecular complexity index is 323. The first-order chi connectivity index (χ1) is 7.03. The molecule has 0 aromatic heterocycles. The van der Waals surface area contributed by atoms with Crippen LogP contribution in [0, 0.1) is 5.41 Å². The summed E-state index contributed by atoms with van der Waals surface area (Å²) in [5.41, 5.74) is 6.39. The number of aliphatic hydroxyl groups is 1. The third-order valence-electron chi connectivity index (χ3n) is 3.10. The van der Waals surface area contributed by atoms with Crippen molar-refractivity contribution in [3.8, 4) is 0 Å². The number of benzene rings is 1. The van der Waals surface area contributed by atoms with E-state index in [9.17, 15) is 5.11 Å². The van der Waals surface area contributed by atoms with Gasteiger partial charge in [0.2, 0.25) is 0 Å². The molecule has 0 bridgehead atoms. The Hall–Kier alpha value is -0.380. The zero-order valence-corrected chi connectivity index (χ0v) is 10.8. The van der Waals surface area contributed by atoms with Gasteiger partial charge in [-0.3, -0.25) is 0 Å². The van der Waals surface area contributed by atoms with Crippen molar-refractivity contribution < 1.29 is 5.11 Å². The lowest BCUT2D eigenvalue weighted by molar-refractivity contribution is 0.0391. The molecule has 0 radical (unpaired) electrons. The first kappa shape index (κ1) is 12.7. The third kappa shape index (κ3) is 2.80. The highest BCUT2D eigenvalue weighted by molar-refractivity contribution is 9.10. The van der Waals surface area contributed by atoms with Gasteiger partial charge in [0.25, 0.3) is 0 Å². The van der Waals surface area contributed by atoms with Gasteiger partial charge in [-0.1, -0.05) is 41.9 Å². The van der Waals surface area contributed by atoms with Crippen molar-refractivity contribution in [2.45, 2.75) is 26.4 Å². The Balaban J connectivity index is 2.97. The van der Waals surface area contributed by atoms with Gasteiger partial charge in [0, 0.05) is 16.4 Å². The minimum Gasteiger partial charge on any atom is -0.388 e. The van der Waals surface area contributed by atoms with E-state index >= 15 is 0 Å². The van der Waals surface area contributed by atoms with Crippen molar-refractivity contribution in [3.05, 3.63) is 34.3 Å². The molecule has 0 aliphatic carbocycles. The highest BCUT2D eigenvalue weighted by Crippen LogP contribution is 2.36. The van der Waals surface area contributed by atoms with Crippen LogP contribution < -0.4 is 5.73 Å². The summed E-state index contributed by atoms with van der Waals surface area (Å²) in [6.45, 7) is 4.55. The topological polar surface area (TPSA) is 46.2 Å². The predicted molar refractivity (Wildman–Crippen MR) is 66.6 cm³/mol. The number of hydrogen-bond acceptors (Lipinski definition) is 2. The van der Waals surface area contributed by atoms with Crippen molar-refractivity contribution >= 4 is 15.9 Å². The quantitative estimate of drug-likeness (QED) is 0.885. The molecule has 0 heterocycles. The van der Waals surface area contributed by atoms with Crippen molar-refractivity contribution in [1.29, 1.82) is 0 Å². The second kappa shape index (κ2) is 5.10. The smallest absolute Gasteiger partial charge is 0.0855 e. The standard InChI is InChI=1S/C12H18BrNO/c1-3-12(2,8-14)11(15)9-5-4-6-10(13)7-9/h4-7,11,15H,3,8,14H2,1-2H3. The molecule has 0 saturated carbocycles. The van der Waals surface area contributed by atoms with E-state index in [1.165, 1.54) is 0 Å².